The van der Waals surface area contributed by atoms with Gasteiger partial charge in [0.25, 0.3) is 11.5 Å². The zero-order valence-electron chi connectivity index (χ0n) is 28.5. The molecule has 0 unspecified atom stereocenters. The summed E-state index contributed by atoms with van der Waals surface area (Å²) in [5.41, 5.74) is 0.726. The number of benzene rings is 3. The van der Waals surface area contributed by atoms with E-state index >= 15 is 4.39 Å². The Hall–Kier alpha value is -6.22. The largest absolute Gasteiger partial charge is 0.497 e. The van der Waals surface area contributed by atoms with Crippen LogP contribution < -0.4 is 25.1 Å². The van der Waals surface area contributed by atoms with Crippen LogP contribution in [0.1, 0.15) is 28.8 Å². The van der Waals surface area contributed by atoms with Crippen molar-refractivity contribution in [2.75, 3.05) is 38.7 Å². The molecule has 1 amide bonds. The van der Waals surface area contributed by atoms with E-state index in [1.54, 1.807) is 17.9 Å². The molecule has 0 atom stereocenters. The second-order valence-corrected chi connectivity index (χ2v) is 12.3. The summed E-state index contributed by atoms with van der Waals surface area (Å²) in [7, 11) is 1.60. The second-order valence-electron chi connectivity index (χ2n) is 12.3. The highest BCUT2D eigenvalue weighted by molar-refractivity contribution is 6.04. The molecule has 4 heterocycles. The van der Waals surface area contributed by atoms with Crippen molar-refractivity contribution in [3.63, 3.8) is 0 Å². The lowest BCUT2D eigenvalue weighted by atomic mass is 10.1. The maximum Gasteiger partial charge on any atom is 0.284 e. The van der Waals surface area contributed by atoms with Crippen molar-refractivity contribution in [1.29, 1.82) is 0 Å². The minimum atomic E-state index is -0.793. The molecule has 0 spiro atoms. The molecular weight excluding hydrogens is 691 g/mol. The number of rotatable bonds is 12. The third kappa shape index (κ3) is 7.84. The van der Waals surface area contributed by atoms with Crippen molar-refractivity contribution in [2.45, 2.75) is 25.5 Å². The number of alkyl halides is 1. The van der Waals surface area contributed by atoms with E-state index in [1.165, 1.54) is 54.9 Å². The number of pyridine rings is 1. The predicted octanol–water partition coefficient (Wildman–Crippen LogP) is 6.17. The predicted molar refractivity (Wildman–Crippen MR) is 190 cm³/mol. The number of likely N-dealkylation sites (tertiary alicyclic amines) is 1. The maximum atomic E-state index is 15.6. The molecule has 3 aromatic heterocycles. The third-order valence-electron chi connectivity index (χ3n) is 8.84. The van der Waals surface area contributed by atoms with Crippen molar-refractivity contribution in [3.05, 3.63) is 124 Å². The number of fused-ring (bicyclic) bond motifs is 1. The van der Waals surface area contributed by atoms with Crippen LogP contribution in [-0.4, -0.2) is 74.9 Å². The first kappa shape index (κ1) is 35.2. The van der Waals surface area contributed by atoms with Gasteiger partial charge in [0.1, 0.15) is 41.0 Å². The Bertz CT molecular complexity index is 2290. The van der Waals surface area contributed by atoms with Crippen LogP contribution in [0.25, 0.3) is 16.7 Å². The molecule has 1 N–H and O–H groups in total. The number of nitrogens with one attached hydrogen (secondary N) is 1. The molecule has 0 saturated carbocycles. The monoisotopic (exact) mass is 725 g/mol. The fourth-order valence-electron chi connectivity index (χ4n) is 6.08. The molecule has 1 aliphatic rings. The smallest absolute Gasteiger partial charge is 0.284 e. The first-order valence-corrected chi connectivity index (χ1v) is 16.9. The summed E-state index contributed by atoms with van der Waals surface area (Å²) in [4.78, 5) is 32.8. The summed E-state index contributed by atoms with van der Waals surface area (Å²) in [6.07, 6.45) is 3.95. The molecule has 0 radical (unpaired) electrons. The van der Waals surface area contributed by atoms with E-state index < -0.39 is 29.8 Å². The highest BCUT2D eigenvalue weighted by Gasteiger charge is 2.26. The van der Waals surface area contributed by atoms with Crippen molar-refractivity contribution in [3.8, 4) is 28.8 Å². The third-order valence-corrected chi connectivity index (χ3v) is 8.84. The lowest BCUT2D eigenvalue weighted by molar-refractivity contribution is 0.0938. The van der Waals surface area contributed by atoms with E-state index in [2.05, 4.69) is 15.4 Å². The number of hydrogen-bond donors (Lipinski definition) is 1. The SMILES string of the molecule is COc1ccc(Cn2nc(OC3CCN(CCF)CC3)c3c(Oc4ccc(NC(=O)c5ccnn(-c6ccc(F)cc6)c5=O)cc4F)ccnc32)cc1. The van der Waals surface area contributed by atoms with E-state index in [1.807, 2.05) is 29.2 Å². The van der Waals surface area contributed by atoms with Crippen molar-refractivity contribution < 1.29 is 32.2 Å². The minimum absolute atomic E-state index is 0.0692. The van der Waals surface area contributed by atoms with Gasteiger partial charge in [0.15, 0.2) is 17.2 Å². The number of halogens is 3. The molecule has 272 valence electrons. The molecule has 1 aliphatic heterocycles. The summed E-state index contributed by atoms with van der Waals surface area (Å²) >= 11 is 0. The number of hydrogen-bond acceptors (Lipinski definition) is 9. The van der Waals surface area contributed by atoms with E-state index in [0.29, 0.717) is 55.8 Å². The van der Waals surface area contributed by atoms with Crippen LogP contribution in [-0.2, 0) is 6.54 Å². The number of methoxy groups -OCH3 is 1. The van der Waals surface area contributed by atoms with Crippen molar-refractivity contribution >= 4 is 22.6 Å². The van der Waals surface area contributed by atoms with Crippen molar-refractivity contribution in [1.82, 2.24) is 29.4 Å². The minimum Gasteiger partial charge on any atom is -0.497 e. The van der Waals surface area contributed by atoms with E-state index in [0.717, 1.165) is 16.3 Å². The Morgan fingerprint density at radius 1 is 0.943 bits per heavy atom. The Kier molecular flexibility index (Phi) is 10.3. The maximum absolute atomic E-state index is 15.6. The zero-order valence-corrected chi connectivity index (χ0v) is 28.5. The number of amides is 1. The van der Waals surface area contributed by atoms with Crippen LogP contribution in [0.15, 0.2) is 96.1 Å². The van der Waals surface area contributed by atoms with E-state index in [9.17, 15) is 18.4 Å². The lowest BCUT2D eigenvalue weighted by Crippen LogP contribution is -2.39. The standard InChI is InChI=1S/C38H34F3N7O5/c1-51-28-9-2-24(3-10-28)23-47-35-34(37(45-47)52-29-14-19-46(20-15-29)21-16-39)33(13-17-42-35)53-32-11-6-26(22-31(32)41)44-36(49)30-12-18-43-48(38(30)50)27-7-4-25(40)5-8-27/h2-13,17-18,22,29H,14-16,19-21,23H2,1H3,(H,44,49). The van der Waals surface area contributed by atoms with Gasteiger partial charge in [0.05, 0.1) is 19.3 Å². The number of carbonyl (C=O) groups excluding carboxylic acids is 1. The molecular formula is C38H34F3N7O5. The molecule has 3 aromatic carbocycles. The fraction of sp³-hybridized carbons (Fsp3) is 0.237. The summed E-state index contributed by atoms with van der Waals surface area (Å²) < 4.78 is 62.4. The van der Waals surface area contributed by atoms with Crippen LogP contribution in [0, 0.1) is 11.6 Å². The van der Waals surface area contributed by atoms with Crippen molar-refractivity contribution in [2.24, 2.45) is 0 Å². The molecule has 1 saturated heterocycles. The number of ether oxygens (including phenoxy) is 3. The van der Waals surface area contributed by atoms with Gasteiger partial charge in [-0.05, 0) is 73.0 Å². The van der Waals surface area contributed by atoms with Crippen LogP contribution in [0.2, 0.25) is 0 Å². The Morgan fingerprint density at radius 3 is 2.43 bits per heavy atom. The number of aromatic nitrogens is 5. The number of anilines is 1. The Labute approximate surface area is 301 Å². The van der Waals surface area contributed by atoms with Gasteiger partial charge in [-0.15, -0.1) is 5.10 Å². The average Bonchev–Trinajstić information content (AvgIpc) is 3.51. The Balaban J connectivity index is 1.14. The van der Waals surface area contributed by atoms with Crippen LogP contribution in [0.3, 0.4) is 0 Å². The molecule has 15 heteroatoms. The Morgan fingerprint density at radius 2 is 1.72 bits per heavy atom. The van der Waals surface area contributed by atoms with E-state index in [4.69, 9.17) is 19.3 Å². The quantitative estimate of drug-likeness (QED) is 0.158. The van der Waals surface area contributed by atoms with Gasteiger partial charge >= 0.3 is 0 Å². The van der Waals surface area contributed by atoms with Crippen LogP contribution >= 0.6 is 0 Å². The molecule has 7 rings (SSSR count). The highest BCUT2D eigenvalue weighted by atomic mass is 19.1. The van der Waals surface area contributed by atoms with Gasteiger partial charge in [0, 0.05) is 49.8 Å². The number of carbonyl (C=O) groups is 1. The van der Waals surface area contributed by atoms with Crippen LogP contribution in [0.4, 0.5) is 18.9 Å². The molecule has 12 nitrogen and oxygen atoms in total. The normalized spacial score (nSPS) is 13.6. The van der Waals surface area contributed by atoms with Gasteiger partial charge in [0.2, 0.25) is 5.88 Å². The van der Waals surface area contributed by atoms with Crippen LogP contribution in [0.5, 0.6) is 23.1 Å². The van der Waals surface area contributed by atoms with Gasteiger partial charge < -0.3 is 24.4 Å². The first-order valence-electron chi connectivity index (χ1n) is 16.9. The number of nitrogens with zero attached hydrogens (tertiary/aromatic N) is 6. The van der Waals surface area contributed by atoms with Gasteiger partial charge in [-0.1, -0.05) is 12.1 Å². The lowest BCUT2D eigenvalue weighted by Gasteiger charge is -2.30. The summed E-state index contributed by atoms with van der Waals surface area (Å²) in [6.45, 7) is 1.68. The molecule has 1 fully saturated rings. The highest BCUT2D eigenvalue weighted by Crippen LogP contribution is 2.38. The fourth-order valence-corrected chi connectivity index (χ4v) is 6.08. The van der Waals surface area contributed by atoms with E-state index in [-0.39, 0.29) is 40.4 Å². The van der Waals surface area contributed by atoms with Gasteiger partial charge in [-0.2, -0.15) is 9.78 Å². The topological polar surface area (TPSA) is 126 Å². The summed E-state index contributed by atoms with van der Waals surface area (Å²) in [5.74, 6) is -0.992. The average molecular weight is 726 g/mol. The summed E-state index contributed by atoms with van der Waals surface area (Å²) in [6, 6.07) is 19.3. The second kappa shape index (κ2) is 15.6. The summed E-state index contributed by atoms with van der Waals surface area (Å²) in [5, 5.41) is 11.7. The van der Waals surface area contributed by atoms with Gasteiger partial charge in [-0.3, -0.25) is 9.59 Å². The first-order chi connectivity index (χ1) is 25.8. The molecule has 53 heavy (non-hydrogen) atoms. The van der Waals surface area contributed by atoms with Gasteiger partial charge in [-0.25, -0.2) is 22.8 Å². The molecule has 6 aromatic rings. The molecule has 0 aliphatic carbocycles. The number of piperidine rings is 1. The zero-order chi connectivity index (χ0) is 36.9. The molecule has 0 bridgehead atoms.